The Morgan fingerprint density at radius 2 is 1.82 bits per heavy atom. The molecular formula is C18H19Cl2NO. The Labute approximate surface area is 141 Å². The molecule has 0 radical (unpaired) electrons. The summed E-state index contributed by atoms with van der Waals surface area (Å²) >= 11 is 12.2. The van der Waals surface area contributed by atoms with Gasteiger partial charge in [-0.1, -0.05) is 60.5 Å². The van der Waals surface area contributed by atoms with Gasteiger partial charge in [-0.3, -0.25) is 4.79 Å². The van der Waals surface area contributed by atoms with Crippen LogP contribution in [0.4, 0.5) is 0 Å². The number of carbonyl (C=O) groups excluding carboxylic acids is 1. The highest BCUT2D eigenvalue weighted by Crippen LogP contribution is 2.31. The van der Waals surface area contributed by atoms with Gasteiger partial charge in [0.25, 0.3) is 0 Å². The highest BCUT2D eigenvalue weighted by molar-refractivity contribution is 6.36. The van der Waals surface area contributed by atoms with Crippen molar-refractivity contribution in [2.75, 3.05) is 6.54 Å². The normalized spacial score (nSPS) is 12.0. The Morgan fingerprint density at radius 3 is 2.41 bits per heavy atom. The van der Waals surface area contributed by atoms with Gasteiger partial charge in [0.05, 0.1) is 0 Å². The molecule has 1 atom stereocenters. The van der Waals surface area contributed by atoms with Crippen LogP contribution in [-0.2, 0) is 4.79 Å². The lowest BCUT2D eigenvalue weighted by Crippen LogP contribution is -2.22. The second-order valence-corrected chi connectivity index (χ2v) is 6.26. The van der Waals surface area contributed by atoms with Gasteiger partial charge in [-0.2, -0.15) is 0 Å². The van der Waals surface area contributed by atoms with Crippen LogP contribution in [0.1, 0.15) is 31.7 Å². The lowest BCUT2D eigenvalue weighted by atomic mass is 9.95. The van der Waals surface area contributed by atoms with Gasteiger partial charge in [0.15, 0.2) is 0 Å². The van der Waals surface area contributed by atoms with E-state index >= 15 is 0 Å². The molecule has 0 spiro atoms. The summed E-state index contributed by atoms with van der Waals surface area (Å²) in [6.45, 7) is 4.39. The summed E-state index contributed by atoms with van der Waals surface area (Å²) < 4.78 is 0. The van der Waals surface area contributed by atoms with Crippen LogP contribution >= 0.6 is 23.2 Å². The third-order valence-electron chi connectivity index (χ3n) is 3.67. The molecule has 2 nitrogen and oxygen atoms in total. The molecule has 0 heterocycles. The maximum Gasteiger partial charge on any atom is 0.216 e. The highest BCUT2D eigenvalue weighted by Gasteiger charge is 2.08. The monoisotopic (exact) mass is 335 g/mol. The molecule has 1 unspecified atom stereocenters. The summed E-state index contributed by atoms with van der Waals surface area (Å²) in [6.07, 6.45) is 0.917. The van der Waals surface area contributed by atoms with Crippen molar-refractivity contribution in [1.29, 1.82) is 0 Å². The summed E-state index contributed by atoms with van der Waals surface area (Å²) in [7, 11) is 0. The molecule has 116 valence electrons. The SMILES string of the molecule is CC(=O)NCCC(C)c1ccc(-c2ccc(Cl)cc2Cl)cc1. The van der Waals surface area contributed by atoms with Crippen LogP contribution in [0.2, 0.25) is 10.0 Å². The molecule has 0 bridgehead atoms. The fourth-order valence-electron chi connectivity index (χ4n) is 2.35. The Bertz CT molecular complexity index is 653. The Kier molecular flexibility index (Phi) is 5.87. The van der Waals surface area contributed by atoms with Crippen molar-refractivity contribution in [3.63, 3.8) is 0 Å². The van der Waals surface area contributed by atoms with Gasteiger partial charge in [-0.05, 0) is 35.6 Å². The maximum atomic E-state index is 10.9. The molecule has 2 aromatic carbocycles. The van der Waals surface area contributed by atoms with E-state index in [1.165, 1.54) is 12.5 Å². The molecule has 22 heavy (non-hydrogen) atoms. The summed E-state index contributed by atoms with van der Waals surface area (Å²) in [4.78, 5) is 10.9. The Hall–Kier alpha value is -1.51. The van der Waals surface area contributed by atoms with E-state index in [4.69, 9.17) is 23.2 Å². The molecule has 0 saturated heterocycles. The molecule has 1 N–H and O–H groups in total. The third kappa shape index (κ3) is 4.49. The van der Waals surface area contributed by atoms with Crippen LogP contribution in [0, 0.1) is 0 Å². The molecule has 0 fully saturated rings. The van der Waals surface area contributed by atoms with E-state index in [0.717, 1.165) is 17.5 Å². The zero-order valence-corrected chi connectivity index (χ0v) is 14.2. The van der Waals surface area contributed by atoms with Crippen molar-refractivity contribution in [3.8, 4) is 11.1 Å². The minimum absolute atomic E-state index is 0.0138. The summed E-state index contributed by atoms with van der Waals surface area (Å²) in [5.41, 5.74) is 3.29. The van der Waals surface area contributed by atoms with Crippen LogP contribution in [-0.4, -0.2) is 12.5 Å². The first kappa shape index (κ1) is 16.9. The number of amides is 1. The average molecular weight is 336 g/mol. The predicted octanol–water partition coefficient (Wildman–Crippen LogP) is 5.29. The maximum absolute atomic E-state index is 10.9. The van der Waals surface area contributed by atoms with Gasteiger partial charge >= 0.3 is 0 Å². The van der Waals surface area contributed by atoms with Gasteiger partial charge in [-0.25, -0.2) is 0 Å². The van der Waals surface area contributed by atoms with E-state index < -0.39 is 0 Å². The highest BCUT2D eigenvalue weighted by atomic mass is 35.5. The number of benzene rings is 2. The molecule has 0 aromatic heterocycles. The molecule has 0 aliphatic heterocycles. The van der Waals surface area contributed by atoms with Crippen molar-refractivity contribution < 1.29 is 4.79 Å². The number of nitrogens with one attached hydrogen (secondary N) is 1. The van der Waals surface area contributed by atoms with E-state index in [1.807, 2.05) is 12.1 Å². The van der Waals surface area contributed by atoms with Gasteiger partial charge < -0.3 is 5.32 Å². The molecule has 2 rings (SSSR count). The minimum atomic E-state index is 0.0138. The van der Waals surface area contributed by atoms with Crippen molar-refractivity contribution in [1.82, 2.24) is 5.32 Å². The molecule has 4 heteroatoms. The van der Waals surface area contributed by atoms with Crippen molar-refractivity contribution in [2.45, 2.75) is 26.2 Å². The molecule has 0 aliphatic carbocycles. The van der Waals surface area contributed by atoms with Crippen LogP contribution < -0.4 is 5.32 Å². The Morgan fingerprint density at radius 1 is 1.14 bits per heavy atom. The topological polar surface area (TPSA) is 29.1 Å². The van der Waals surface area contributed by atoms with E-state index in [9.17, 15) is 4.79 Å². The minimum Gasteiger partial charge on any atom is -0.356 e. The molecule has 1 amide bonds. The summed E-state index contributed by atoms with van der Waals surface area (Å²) in [5.74, 6) is 0.404. The quantitative estimate of drug-likeness (QED) is 0.790. The first-order valence-electron chi connectivity index (χ1n) is 7.27. The number of hydrogen-bond acceptors (Lipinski definition) is 1. The van der Waals surface area contributed by atoms with Crippen molar-refractivity contribution >= 4 is 29.1 Å². The van der Waals surface area contributed by atoms with Crippen LogP contribution in [0.5, 0.6) is 0 Å². The number of carbonyl (C=O) groups is 1. The fraction of sp³-hybridized carbons (Fsp3) is 0.278. The lowest BCUT2D eigenvalue weighted by molar-refractivity contribution is -0.118. The second-order valence-electron chi connectivity index (χ2n) is 5.42. The van der Waals surface area contributed by atoms with Crippen molar-refractivity contribution in [3.05, 3.63) is 58.1 Å². The molecule has 0 aliphatic rings. The van der Waals surface area contributed by atoms with Crippen LogP contribution in [0.25, 0.3) is 11.1 Å². The van der Waals surface area contributed by atoms with Gasteiger partial charge in [0, 0.05) is 29.1 Å². The second kappa shape index (κ2) is 7.66. The van der Waals surface area contributed by atoms with E-state index in [2.05, 4.69) is 36.5 Å². The smallest absolute Gasteiger partial charge is 0.216 e. The van der Waals surface area contributed by atoms with Crippen LogP contribution in [0.3, 0.4) is 0 Å². The fourth-order valence-corrected chi connectivity index (χ4v) is 2.86. The first-order valence-corrected chi connectivity index (χ1v) is 8.03. The predicted molar refractivity (Wildman–Crippen MR) is 93.6 cm³/mol. The summed E-state index contributed by atoms with van der Waals surface area (Å²) in [6, 6.07) is 13.9. The zero-order valence-electron chi connectivity index (χ0n) is 12.7. The Balaban J connectivity index is 2.08. The zero-order chi connectivity index (χ0) is 16.1. The van der Waals surface area contributed by atoms with Gasteiger partial charge in [0.1, 0.15) is 0 Å². The largest absolute Gasteiger partial charge is 0.356 e. The molecular weight excluding hydrogens is 317 g/mol. The summed E-state index contributed by atoms with van der Waals surface area (Å²) in [5, 5.41) is 4.12. The van der Waals surface area contributed by atoms with E-state index in [-0.39, 0.29) is 5.91 Å². The van der Waals surface area contributed by atoms with Gasteiger partial charge in [0.2, 0.25) is 5.91 Å². The van der Waals surface area contributed by atoms with E-state index in [1.54, 1.807) is 6.07 Å². The molecule has 2 aromatic rings. The molecule has 0 saturated carbocycles. The van der Waals surface area contributed by atoms with Crippen molar-refractivity contribution in [2.24, 2.45) is 0 Å². The number of rotatable bonds is 5. The third-order valence-corrected chi connectivity index (χ3v) is 4.22. The number of halogens is 2. The lowest BCUT2D eigenvalue weighted by Gasteiger charge is -2.13. The number of hydrogen-bond donors (Lipinski definition) is 1. The standard InChI is InChI=1S/C18H19Cl2NO/c1-12(9-10-21-13(2)22)14-3-5-15(6-4-14)17-8-7-16(19)11-18(17)20/h3-8,11-12H,9-10H2,1-2H3,(H,21,22). The van der Waals surface area contributed by atoms with Gasteiger partial charge in [-0.15, -0.1) is 0 Å². The van der Waals surface area contributed by atoms with E-state index in [0.29, 0.717) is 22.5 Å². The average Bonchev–Trinajstić information content (AvgIpc) is 2.47. The first-order chi connectivity index (χ1) is 10.5. The van der Waals surface area contributed by atoms with Crippen LogP contribution in [0.15, 0.2) is 42.5 Å².